The van der Waals surface area contributed by atoms with Crippen LogP contribution < -0.4 is 10.1 Å². The second-order valence-electron chi connectivity index (χ2n) is 9.09. The second-order valence-corrected chi connectivity index (χ2v) is 9.09. The molecule has 1 saturated heterocycles. The molecule has 1 N–H and O–H groups in total. The molecule has 1 spiro atoms. The summed E-state index contributed by atoms with van der Waals surface area (Å²) in [6.07, 6.45) is 6.44. The summed E-state index contributed by atoms with van der Waals surface area (Å²) < 4.78 is 12.0. The minimum absolute atomic E-state index is 0.0317. The summed E-state index contributed by atoms with van der Waals surface area (Å²) in [6, 6.07) is 11.1. The van der Waals surface area contributed by atoms with Gasteiger partial charge in [0.25, 0.3) is 11.8 Å². The monoisotopic (exact) mass is 451 g/mol. The Kier molecular flexibility index (Phi) is 7.60. The summed E-state index contributed by atoms with van der Waals surface area (Å²) in [6.45, 7) is 5.51. The van der Waals surface area contributed by atoms with Gasteiger partial charge in [0.1, 0.15) is 5.75 Å². The van der Waals surface area contributed by atoms with Gasteiger partial charge in [0.2, 0.25) is 0 Å². The maximum Gasteiger partial charge on any atom is 0.255 e. The maximum absolute atomic E-state index is 13.0. The number of carbonyl (C=O) groups is 2. The van der Waals surface area contributed by atoms with Gasteiger partial charge in [0, 0.05) is 43.5 Å². The highest BCUT2D eigenvalue weighted by atomic mass is 16.5. The number of hydrogen-bond donors (Lipinski definition) is 1. The van der Waals surface area contributed by atoms with E-state index in [1.165, 1.54) is 0 Å². The first-order valence-electron chi connectivity index (χ1n) is 11.9. The number of pyridine rings is 1. The molecule has 7 nitrogen and oxygen atoms in total. The first-order valence-corrected chi connectivity index (χ1v) is 11.9. The number of piperidine rings is 1. The smallest absolute Gasteiger partial charge is 0.255 e. The molecule has 0 bridgehead atoms. The highest BCUT2D eigenvalue weighted by molar-refractivity contribution is 5.97. The molecular weight excluding hydrogens is 418 g/mol. The number of fused-ring (bicyclic) bond motifs is 1. The van der Waals surface area contributed by atoms with Gasteiger partial charge in [0.05, 0.1) is 24.3 Å². The lowest BCUT2D eigenvalue weighted by Gasteiger charge is -2.42. The Morgan fingerprint density at radius 1 is 1.06 bits per heavy atom. The van der Waals surface area contributed by atoms with Crippen molar-refractivity contribution in [2.75, 3.05) is 39.5 Å². The molecule has 0 saturated carbocycles. The number of rotatable bonds is 1. The number of para-hydroxylation sites is 1. The van der Waals surface area contributed by atoms with Gasteiger partial charge in [-0.05, 0) is 56.9 Å². The fraction of sp³-hybridized carbons (Fsp3) is 0.500. The summed E-state index contributed by atoms with van der Waals surface area (Å²) >= 11 is 0. The number of hydrogen-bond acceptors (Lipinski definition) is 5. The Balaban J connectivity index is 1.46. The third-order valence-electron chi connectivity index (χ3n) is 6.71. The van der Waals surface area contributed by atoms with Crippen LogP contribution >= 0.6 is 0 Å². The number of aromatic nitrogens is 1. The molecule has 33 heavy (non-hydrogen) atoms. The molecule has 176 valence electrons. The van der Waals surface area contributed by atoms with Crippen LogP contribution in [0.1, 0.15) is 58.5 Å². The van der Waals surface area contributed by atoms with Gasteiger partial charge in [-0.2, -0.15) is 0 Å². The molecule has 2 aromatic rings. The molecule has 0 radical (unpaired) electrons. The molecule has 4 rings (SSSR count). The molecule has 2 aliphatic rings. The molecule has 1 aromatic carbocycles. The van der Waals surface area contributed by atoms with E-state index in [2.05, 4.69) is 10.3 Å². The van der Waals surface area contributed by atoms with Crippen molar-refractivity contribution in [2.45, 2.75) is 39.0 Å². The van der Waals surface area contributed by atoms with Crippen molar-refractivity contribution in [3.8, 4) is 5.75 Å². The standard InChI is InChI=1S/C26H33N3O4/c1-20-8-9-21(18-28-20)25(31)29-14-11-26(12-15-29)10-4-5-16-32-17-13-27-24(30)22-6-2-3-7-23(22)33-19-26/h2-3,6-9,18H,4-5,10-17,19H2,1H3,(H,27,30). The Morgan fingerprint density at radius 3 is 2.67 bits per heavy atom. The molecule has 0 unspecified atom stereocenters. The van der Waals surface area contributed by atoms with Crippen molar-refractivity contribution in [3.63, 3.8) is 0 Å². The number of nitrogens with zero attached hydrogens (tertiary/aromatic N) is 2. The number of amides is 2. The van der Waals surface area contributed by atoms with Crippen molar-refractivity contribution in [2.24, 2.45) is 5.41 Å². The van der Waals surface area contributed by atoms with Crippen molar-refractivity contribution in [1.29, 1.82) is 0 Å². The van der Waals surface area contributed by atoms with Crippen LogP contribution in [-0.2, 0) is 4.74 Å². The third-order valence-corrected chi connectivity index (χ3v) is 6.71. The van der Waals surface area contributed by atoms with Gasteiger partial charge in [-0.1, -0.05) is 18.6 Å². The van der Waals surface area contributed by atoms with E-state index in [4.69, 9.17) is 9.47 Å². The lowest BCUT2D eigenvalue weighted by molar-refractivity contribution is 0.0340. The van der Waals surface area contributed by atoms with Crippen LogP contribution in [0.25, 0.3) is 0 Å². The molecule has 0 atom stereocenters. The Labute approximate surface area is 195 Å². The van der Waals surface area contributed by atoms with E-state index in [1.54, 1.807) is 12.3 Å². The largest absolute Gasteiger partial charge is 0.492 e. The molecule has 1 aromatic heterocycles. The van der Waals surface area contributed by atoms with E-state index in [9.17, 15) is 9.59 Å². The number of carbonyl (C=O) groups excluding carboxylic acids is 2. The van der Waals surface area contributed by atoms with Gasteiger partial charge in [0.15, 0.2) is 0 Å². The van der Waals surface area contributed by atoms with Crippen molar-refractivity contribution in [1.82, 2.24) is 15.2 Å². The topological polar surface area (TPSA) is 80.8 Å². The van der Waals surface area contributed by atoms with Crippen LogP contribution in [0.4, 0.5) is 0 Å². The second kappa shape index (κ2) is 10.8. The highest BCUT2D eigenvalue weighted by Crippen LogP contribution is 2.38. The first-order chi connectivity index (χ1) is 16.1. The fourth-order valence-corrected chi connectivity index (χ4v) is 4.58. The molecule has 3 heterocycles. The zero-order valence-electron chi connectivity index (χ0n) is 19.3. The predicted molar refractivity (Wildman–Crippen MR) is 125 cm³/mol. The summed E-state index contributed by atoms with van der Waals surface area (Å²) in [7, 11) is 0. The van der Waals surface area contributed by atoms with E-state index in [0.717, 1.165) is 37.8 Å². The third kappa shape index (κ3) is 5.90. The normalized spacial score (nSPS) is 19.7. The lowest BCUT2D eigenvalue weighted by atomic mass is 9.75. The molecule has 2 aliphatic heterocycles. The van der Waals surface area contributed by atoms with E-state index in [-0.39, 0.29) is 17.2 Å². The zero-order chi connectivity index (χ0) is 23.1. The average Bonchev–Trinajstić information content (AvgIpc) is 2.84. The van der Waals surface area contributed by atoms with Crippen LogP contribution in [0, 0.1) is 12.3 Å². The SMILES string of the molecule is Cc1ccc(C(=O)N2CCC3(CCCCOCCNC(=O)c4ccccc4OC3)CC2)cn1. The Bertz CT molecular complexity index is 952. The molecular formula is C26H33N3O4. The molecule has 7 heteroatoms. The minimum atomic E-state index is -0.146. The van der Waals surface area contributed by atoms with Crippen molar-refractivity contribution < 1.29 is 19.1 Å². The lowest BCUT2D eigenvalue weighted by Crippen LogP contribution is -2.45. The molecule has 2 amide bonds. The average molecular weight is 452 g/mol. The van der Waals surface area contributed by atoms with Crippen molar-refractivity contribution in [3.05, 3.63) is 59.4 Å². The van der Waals surface area contributed by atoms with Gasteiger partial charge in [-0.3, -0.25) is 14.6 Å². The van der Waals surface area contributed by atoms with Crippen LogP contribution in [0.3, 0.4) is 0 Å². The van der Waals surface area contributed by atoms with Crippen LogP contribution in [0.15, 0.2) is 42.6 Å². The summed E-state index contributed by atoms with van der Waals surface area (Å²) in [4.78, 5) is 31.8. The Morgan fingerprint density at radius 2 is 1.88 bits per heavy atom. The summed E-state index contributed by atoms with van der Waals surface area (Å²) in [5, 5.41) is 2.91. The van der Waals surface area contributed by atoms with Crippen molar-refractivity contribution >= 4 is 11.8 Å². The van der Waals surface area contributed by atoms with Gasteiger partial charge in [-0.15, -0.1) is 0 Å². The van der Waals surface area contributed by atoms with Crippen LogP contribution in [-0.4, -0.2) is 61.2 Å². The van der Waals surface area contributed by atoms with E-state index in [0.29, 0.717) is 56.3 Å². The Hall–Kier alpha value is -2.93. The number of aryl methyl sites for hydroxylation is 1. The first kappa shape index (κ1) is 23.2. The summed E-state index contributed by atoms with van der Waals surface area (Å²) in [5.41, 5.74) is 2.05. The van der Waals surface area contributed by atoms with E-state index < -0.39 is 0 Å². The minimum Gasteiger partial charge on any atom is -0.492 e. The molecule has 1 fully saturated rings. The fourth-order valence-electron chi connectivity index (χ4n) is 4.58. The quantitative estimate of drug-likeness (QED) is 0.716. The number of benzene rings is 1. The molecule has 0 aliphatic carbocycles. The number of ether oxygens (including phenoxy) is 2. The van der Waals surface area contributed by atoms with Crippen LogP contribution in [0.5, 0.6) is 5.75 Å². The van der Waals surface area contributed by atoms with Gasteiger partial charge in [-0.25, -0.2) is 0 Å². The maximum atomic E-state index is 13.0. The van der Waals surface area contributed by atoms with Crippen LogP contribution in [0.2, 0.25) is 0 Å². The van der Waals surface area contributed by atoms with E-state index >= 15 is 0 Å². The number of nitrogens with one attached hydrogen (secondary N) is 1. The number of likely N-dealkylation sites (tertiary alicyclic amines) is 1. The van der Waals surface area contributed by atoms with Gasteiger partial charge >= 0.3 is 0 Å². The highest BCUT2D eigenvalue weighted by Gasteiger charge is 2.37. The van der Waals surface area contributed by atoms with Gasteiger partial charge < -0.3 is 19.7 Å². The van der Waals surface area contributed by atoms with E-state index in [1.807, 2.05) is 42.2 Å². The summed E-state index contributed by atoms with van der Waals surface area (Å²) in [5.74, 6) is 0.499. The zero-order valence-corrected chi connectivity index (χ0v) is 19.3. The predicted octanol–water partition coefficient (Wildman–Crippen LogP) is 3.62.